The molecule has 0 aliphatic heterocycles. The lowest BCUT2D eigenvalue weighted by Crippen LogP contribution is -2.49. The largest absolute Gasteiger partial charge is 0.467 e. The first-order chi connectivity index (χ1) is 5.79. The summed E-state index contributed by atoms with van der Waals surface area (Å²) >= 11 is 0. The molecule has 0 rings (SSSR count). The second kappa shape index (κ2) is 4.11. The van der Waals surface area contributed by atoms with Crippen molar-refractivity contribution in [3.8, 4) is 0 Å². The Bertz CT molecular complexity index is 207. The highest BCUT2D eigenvalue weighted by Gasteiger charge is 2.33. The van der Waals surface area contributed by atoms with Crippen LogP contribution in [0.1, 0.15) is 20.8 Å². The van der Waals surface area contributed by atoms with E-state index in [0.29, 0.717) is 0 Å². The Morgan fingerprint density at radius 3 is 2.08 bits per heavy atom. The predicted molar refractivity (Wildman–Crippen MR) is 46.4 cm³/mol. The fourth-order valence-electron chi connectivity index (χ4n) is 0.870. The molecule has 0 unspecified atom stereocenters. The average Bonchev–Trinajstić information content (AvgIpc) is 1.96. The van der Waals surface area contributed by atoms with Crippen LogP contribution in [0.5, 0.6) is 0 Å². The van der Waals surface area contributed by atoms with Gasteiger partial charge in [-0.1, -0.05) is 20.8 Å². The molecule has 0 radical (unpaired) electrons. The second-order valence-corrected chi connectivity index (χ2v) is 3.77. The topological polar surface area (TPSA) is 75.6 Å². The van der Waals surface area contributed by atoms with Crippen LogP contribution in [0.2, 0.25) is 0 Å². The fraction of sp³-hybridized carbons (Fsp3) is 0.750. The zero-order valence-corrected chi connectivity index (χ0v) is 8.25. The van der Waals surface area contributed by atoms with Gasteiger partial charge < -0.3 is 15.2 Å². The van der Waals surface area contributed by atoms with Gasteiger partial charge in [0.15, 0.2) is 0 Å². The van der Waals surface area contributed by atoms with Crippen LogP contribution in [-0.4, -0.2) is 30.3 Å². The van der Waals surface area contributed by atoms with Gasteiger partial charge in [0, 0.05) is 0 Å². The van der Waals surface area contributed by atoms with Crippen LogP contribution in [0, 0.1) is 5.41 Å². The van der Waals surface area contributed by atoms with Crippen LogP contribution in [0.25, 0.3) is 0 Å². The average molecular weight is 189 g/mol. The summed E-state index contributed by atoms with van der Waals surface area (Å²) in [5.41, 5.74) is -0.495. The Hall–Kier alpha value is -1.26. The van der Waals surface area contributed by atoms with E-state index in [1.54, 1.807) is 20.8 Å². The maximum Gasteiger partial charge on any atom is 0.405 e. The van der Waals surface area contributed by atoms with Gasteiger partial charge in [-0.2, -0.15) is 0 Å². The predicted octanol–water partition coefficient (Wildman–Crippen LogP) is 0.842. The Morgan fingerprint density at radius 1 is 1.38 bits per heavy atom. The van der Waals surface area contributed by atoms with Gasteiger partial charge in [-0.05, 0) is 5.41 Å². The van der Waals surface area contributed by atoms with E-state index < -0.39 is 23.5 Å². The van der Waals surface area contributed by atoms with E-state index in [0.717, 1.165) is 0 Å². The van der Waals surface area contributed by atoms with Crippen molar-refractivity contribution < 1.29 is 19.4 Å². The van der Waals surface area contributed by atoms with Crippen LogP contribution < -0.4 is 5.32 Å². The summed E-state index contributed by atoms with van der Waals surface area (Å²) < 4.78 is 4.47. The monoisotopic (exact) mass is 189 g/mol. The Labute approximate surface area is 77.1 Å². The second-order valence-electron chi connectivity index (χ2n) is 3.77. The number of amides is 1. The molecule has 0 heterocycles. The summed E-state index contributed by atoms with van der Waals surface area (Å²) in [4.78, 5) is 21.5. The lowest BCUT2D eigenvalue weighted by Gasteiger charge is -2.27. The summed E-state index contributed by atoms with van der Waals surface area (Å²) in [6.07, 6.45) is -1.23. The zero-order valence-electron chi connectivity index (χ0n) is 8.25. The third kappa shape index (κ3) is 3.78. The van der Waals surface area contributed by atoms with Crippen LogP contribution >= 0.6 is 0 Å². The van der Waals surface area contributed by atoms with Crippen molar-refractivity contribution in [2.45, 2.75) is 26.8 Å². The number of hydrogen-bond donors (Lipinski definition) is 2. The molecule has 0 aromatic rings. The molecule has 1 atom stereocenters. The van der Waals surface area contributed by atoms with Crippen molar-refractivity contribution in [1.82, 2.24) is 5.32 Å². The number of ether oxygens (including phenoxy) is 1. The molecule has 5 heteroatoms. The molecular formula is C8H15NO4. The molecule has 1 amide bonds. The molecular weight excluding hydrogens is 174 g/mol. The molecule has 5 nitrogen and oxygen atoms in total. The Balaban J connectivity index is 4.56. The van der Waals surface area contributed by atoms with Gasteiger partial charge >= 0.3 is 12.1 Å². The number of hydrogen-bond acceptors (Lipinski definition) is 3. The van der Waals surface area contributed by atoms with Crippen LogP contribution in [0.4, 0.5) is 4.79 Å². The lowest BCUT2D eigenvalue weighted by molar-refractivity contribution is -0.145. The SMILES string of the molecule is COC(=O)[C@@H](NC(=O)O)C(C)(C)C. The molecule has 0 fully saturated rings. The third-order valence-corrected chi connectivity index (χ3v) is 1.57. The smallest absolute Gasteiger partial charge is 0.405 e. The van der Waals surface area contributed by atoms with Gasteiger partial charge in [-0.25, -0.2) is 9.59 Å². The molecule has 0 aliphatic carbocycles. The highest BCUT2D eigenvalue weighted by atomic mass is 16.5. The van der Waals surface area contributed by atoms with Crippen molar-refractivity contribution in [2.75, 3.05) is 7.11 Å². The minimum atomic E-state index is -1.23. The summed E-state index contributed by atoms with van der Waals surface area (Å²) in [6.45, 7) is 5.26. The number of rotatable bonds is 2. The van der Waals surface area contributed by atoms with E-state index in [1.165, 1.54) is 7.11 Å². The summed E-state index contributed by atoms with van der Waals surface area (Å²) in [7, 11) is 1.23. The van der Waals surface area contributed by atoms with Gasteiger partial charge in [0.25, 0.3) is 0 Å². The van der Waals surface area contributed by atoms with E-state index in [9.17, 15) is 9.59 Å². The molecule has 0 saturated carbocycles. The lowest BCUT2D eigenvalue weighted by atomic mass is 9.87. The van der Waals surface area contributed by atoms with Gasteiger partial charge in [0.2, 0.25) is 0 Å². The van der Waals surface area contributed by atoms with Crippen LogP contribution in [-0.2, 0) is 9.53 Å². The summed E-state index contributed by atoms with van der Waals surface area (Å²) in [6, 6.07) is -0.838. The number of methoxy groups -OCH3 is 1. The first-order valence-electron chi connectivity index (χ1n) is 3.86. The van der Waals surface area contributed by atoms with Crippen LogP contribution in [0.15, 0.2) is 0 Å². The number of esters is 1. The number of carbonyl (C=O) groups excluding carboxylic acids is 1. The molecule has 0 aromatic heterocycles. The molecule has 0 spiro atoms. The standard InChI is InChI=1S/C8H15NO4/c1-8(2,3)5(6(10)13-4)9-7(11)12/h5,9H,1-4H3,(H,11,12)/t5-/m1/s1. The third-order valence-electron chi connectivity index (χ3n) is 1.57. The minimum absolute atomic E-state index is 0.495. The van der Waals surface area contributed by atoms with Crippen molar-refractivity contribution in [3.05, 3.63) is 0 Å². The Morgan fingerprint density at radius 2 is 1.85 bits per heavy atom. The quantitative estimate of drug-likeness (QED) is 0.631. The summed E-state index contributed by atoms with van der Waals surface area (Å²) in [5, 5.41) is 10.6. The number of carboxylic acid groups (broad SMARTS) is 1. The maximum atomic E-state index is 11.1. The molecule has 0 aliphatic rings. The van der Waals surface area contributed by atoms with Gasteiger partial charge in [-0.15, -0.1) is 0 Å². The molecule has 2 N–H and O–H groups in total. The van der Waals surface area contributed by atoms with E-state index in [2.05, 4.69) is 10.1 Å². The molecule has 0 bridgehead atoms. The number of carbonyl (C=O) groups is 2. The van der Waals surface area contributed by atoms with E-state index in [-0.39, 0.29) is 0 Å². The molecule has 76 valence electrons. The first kappa shape index (κ1) is 11.7. The van der Waals surface area contributed by atoms with Crippen LogP contribution in [0.3, 0.4) is 0 Å². The molecule has 13 heavy (non-hydrogen) atoms. The zero-order chi connectivity index (χ0) is 10.6. The van der Waals surface area contributed by atoms with Crippen molar-refractivity contribution in [3.63, 3.8) is 0 Å². The first-order valence-corrected chi connectivity index (χ1v) is 3.86. The highest BCUT2D eigenvalue weighted by Crippen LogP contribution is 2.19. The van der Waals surface area contributed by atoms with Gasteiger partial charge in [-0.3, -0.25) is 0 Å². The van der Waals surface area contributed by atoms with E-state index in [4.69, 9.17) is 5.11 Å². The number of nitrogens with one attached hydrogen (secondary N) is 1. The van der Waals surface area contributed by atoms with Gasteiger partial charge in [0.1, 0.15) is 6.04 Å². The molecule has 0 saturated heterocycles. The Kier molecular flexibility index (Phi) is 3.71. The molecule has 0 aromatic carbocycles. The summed E-state index contributed by atoms with van der Waals surface area (Å²) in [5.74, 6) is -0.574. The van der Waals surface area contributed by atoms with Gasteiger partial charge in [0.05, 0.1) is 7.11 Å². The fourth-order valence-corrected chi connectivity index (χ4v) is 0.870. The van der Waals surface area contributed by atoms with E-state index >= 15 is 0 Å². The normalized spacial score (nSPS) is 13.2. The highest BCUT2D eigenvalue weighted by molar-refractivity contribution is 5.81. The maximum absolute atomic E-state index is 11.1. The minimum Gasteiger partial charge on any atom is -0.467 e. The van der Waals surface area contributed by atoms with Crippen molar-refractivity contribution in [2.24, 2.45) is 5.41 Å². The van der Waals surface area contributed by atoms with E-state index in [1.807, 2.05) is 0 Å². The van der Waals surface area contributed by atoms with Crippen molar-refractivity contribution in [1.29, 1.82) is 0 Å². The van der Waals surface area contributed by atoms with Crippen molar-refractivity contribution >= 4 is 12.1 Å².